The molecular weight excluding hydrogens is 1140 g/mol. The molecule has 9 nitrogen and oxygen atoms in total. The summed E-state index contributed by atoms with van der Waals surface area (Å²) in [6.45, 7) is 0. The van der Waals surface area contributed by atoms with Crippen molar-refractivity contribution in [1.29, 1.82) is 0 Å². The molecule has 13 aliphatic rings. The molecule has 0 N–H and O–H groups in total. The van der Waals surface area contributed by atoms with Crippen LogP contribution in [-0.4, -0.2) is 121 Å². The molecule has 512 valence electrons. The molecule has 13 aliphatic carbocycles. The number of rotatable bonds is 18. The maximum atomic E-state index is 14.4. The fourth-order valence-corrected chi connectivity index (χ4v) is 21.7. The third kappa shape index (κ3) is 21.7. The summed E-state index contributed by atoms with van der Waals surface area (Å²) in [6.07, 6.45) is 85.2. The van der Waals surface area contributed by atoms with Crippen LogP contribution in [0.2, 0.25) is 0 Å². The fraction of sp³-hybridized carbons (Fsp3) is 0.950. The van der Waals surface area contributed by atoms with Crippen molar-refractivity contribution < 1.29 is 35.8 Å². The molecule has 0 unspecified atom stereocenters. The molecule has 0 heterocycles. The molecule has 0 aliphatic heterocycles. The molecule has 0 atom stereocenters. The summed E-state index contributed by atoms with van der Waals surface area (Å²) in [5.74, 6) is 0. The monoisotopic (exact) mass is 1280 g/mol. The zero-order chi connectivity index (χ0) is 62.0. The predicted molar refractivity (Wildman–Crippen MR) is 367 cm³/mol. The number of hydrogen-bond donors (Lipinski definition) is 0. The van der Waals surface area contributed by atoms with E-state index in [1.165, 1.54) is 396 Å². The molecule has 0 aromatic carbocycles. The molecule has 0 saturated heterocycles. The van der Waals surface area contributed by atoms with Gasteiger partial charge in [-0.3, -0.25) is 29.4 Å². The molecule has 10 heteroatoms. The Hall–Kier alpha value is -0.166. The van der Waals surface area contributed by atoms with Gasteiger partial charge in [-0.2, -0.15) is 0 Å². The van der Waals surface area contributed by atoms with E-state index in [9.17, 15) is 15.3 Å². The predicted octanol–water partition coefficient (Wildman–Crippen LogP) is 18.1. The summed E-state index contributed by atoms with van der Waals surface area (Å²) >= 11 is 2.14. The van der Waals surface area contributed by atoms with Crippen molar-refractivity contribution >= 4 is 0 Å². The molecule has 13 rings (SSSR count). The molecule has 0 bridgehead atoms. The van der Waals surface area contributed by atoms with Gasteiger partial charge in [0.1, 0.15) is 0 Å². The first-order chi connectivity index (χ1) is 44.4. The van der Waals surface area contributed by atoms with Gasteiger partial charge in [-0.1, -0.05) is 231 Å². The zero-order valence-electron chi connectivity index (χ0n) is 58.4. The van der Waals surface area contributed by atoms with Crippen molar-refractivity contribution in [2.75, 3.05) is 0 Å². The molecule has 90 heavy (non-hydrogen) atoms. The van der Waals surface area contributed by atoms with E-state index in [4.69, 9.17) is 0 Å². The van der Waals surface area contributed by atoms with Crippen molar-refractivity contribution in [2.45, 2.75) is 483 Å². The van der Waals surface area contributed by atoms with Gasteiger partial charge in [0, 0.05) is 72.5 Å². The van der Waals surface area contributed by atoms with Crippen molar-refractivity contribution in [3.8, 4) is 0 Å². The average Bonchev–Trinajstić information content (AvgIpc) is 2.45. The van der Waals surface area contributed by atoms with Gasteiger partial charge in [0.15, 0.2) is 0 Å². The standard InChI is InChI=1S/3C25H45N2O.C5H5.Ti/c3*28-25(26(21-13-5-1-6-14-21)22-15-7-2-8-16-22)27(23-17-9-3-10-18-23)24-19-11-4-12-20-24;1-2-4-5-3-1;/h3*21-25H,1-20H2;1-3H,4H2;/q3*-1;;+3. The van der Waals surface area contributed by atoms with Crippen LogP contribution >= 0.6 is 0 Å². The van der Waals surface area contributed by atoms with Crippen molar-refractivity contribution in [1.82, 2.24) is 29.4 Å². The first-order valence-corrected chi connectivity index (χ1v) is 41.9. The van der Waals surface area contributed by atoms with Gasteiger partial charge < -0.3 is 15.3 Å². The number of allylic oxidation sites excluding steroid dienone is 4. The Morgan fingerprint density at radius 3 is 0.422 bits per heavy atom. The van der Waals surface area contributed by atoms with Crippen LogP contribution in [0.1, 0.15) is 392 Å². The van der Waals surface area contributed by atoms with Crippen molar-refractivity contribution in [3.05, 3.63) is 22.1 Å². The van der Waals surface area contributed by atoms with E-state index in [0.29, 0.717) is 72.5 Å². The van der Waals surface area contributed by atoms with E-state index in [0.717, 1.165) is 0 Å². The molecule has 12 saturated carbocycles. The maximum absolute atomic E-state index is 14.4. The Bertz CT molecular complexity index is 1500. The second-order valence-corrected chi connectivity index (χ2v) is 33.5. The van der Waals surface area contributed by atoms with Crippen molar-refractivity contribution in [3.63, 3.8) is 0 Å². The Labute approximate surface area is 567 Å². The van der Waals surface area contributed by atoms with Gasteiger partial charge >= 0.3 is 49.0 Å². The molecule has 0 aromatic heterocycles. The van der Waals surface area contributed by atoms with E-state index in [1.54, 1.807) is 0 Å². The van der Waals surface area contributed by atoms with E-state index in [-0.39, 0.29) is 0 Å². The third-order valence-electron chi connectivity index (χ3n) is 26.3. The van der Waals surface area contributed by atoms with Crippen LogP contribution in [0.5, 0.6) is 0 Å². The van der Waals surface area contributed by atoms with Gasteiger partial charge in [-0.15, -0.1) is 0 Å². The summed E-state index contributed by atoms with van der Waals surface area (Å²) in [4.78, 5) is 15.4. The van der Waals surface area contributed by atoms with E-state index < -0.39 is 19.1 Å². The van der Waals surface area contributed by atoms with Gasteiger partial charge in [0.25, 0.3) is 0 Å². The van der Waals surface area contributed by atoms with Crippen LogP contribution in [-0.2, 0) is 20.4 Å². The Kier molecular flexibility index (Phi) is 32.8. The van der Waals surface area contributed by atoms with Crippen LogP contribution in [0, 0.1) is 0 Å². The minimum atomic E-state index is -0.572. The molecule has 0 aromatic rings. The van der Waals surface area contributed by atoms with Crippen LogP contribution in [0.3, 0.4) is 0 Å². The normalized spacial score (nSPS) is 27.2. The Morgan fingerprint density at radius 1 is 0.222 bits per heavy atom. The van der Waals surface area contributed by atoms with E-state index >= 15 is 0 Å². The van der Waals surface area contributed by atoms with Crippen molar-refractivity contribution in [2.24, 2.45) is 0 Å². The molecule has 12 fully saturated rings. The number of nitrogens with zero attached hydrogens (tertiary/aromatic N) is 6. The van der Waals surface area contributed by atoms with Gasteiger partial charge in [0.2, 0.25) is 0 Å². The quantitative estimate of drug-likeness (QED) is 0.0983. The van der Waals surface area contributed by atoms with Gasteiger partial charge in [-0.25, -0.2) is 0 Å². The molecular formula is C80H140N6O3Ti. The summed E-state index contributed by atoms with van der Waals surface area (Å²) in [5, 5.41) is 43.1. The zero-order valence-corrected chi connectivity index (χ0v) is 60.0. The summed E-state index contributed by atoms with van der Waals surface area (Å²) in [7, 11) is 0. The fourth-order valence-electron chi connectivity index (χ4n) is 21.4. The van der Waals surface area contributed by atoms with Crippen LogP contribution in [0.4, 0.5) is 0 Å². The van der Waals surface area contributed by atoms with Gasteiger partial charge in [-0.05, 0) is 173 Å². The van der Waals surface area contributed by atoms with Crippen LogP contribution in [0.25, 0.3) is 0 Å². The molecule has 0 spiro atoms. The second kappa shape index (κ2) is 40.7. The van der Waals surface area contributed by atoms with Gasteiger partial charge in [0.05, 0.1) is 0 Å². The summed E-state index contributed by atoms with van der Waals surface area (Å²) in [6, 6.07) is 6.77. The Morgan fingerprint density at radius 2 is 0.344 bits per heavy atom. The number of hydrogen-bond acceptors (Lipinski definition) is 9. The van der Waals surface area contributed by atoms with E-state index in [1.807, 2.05) is 0 Å². The topological polar surface area (TPSA) is 88.6 Å². The average molecular weight is 1280 g/mol. The summed E-state index contributed by atoms with van der Waals surface area (Å²) < 4.78 is 1.47. The second-order valence-electron chi connectivity index (χ2n) is 32.5. The SMILES string of the molecule is [O-]C(N(C1CCCCC1)C1CCCCC1)N(C1CCCCC1)C1CCCCC1.[O-]C(N(C1CCCCC1)C1CCCCC1)N(C1CCCCC1)C1CCCCC1.[O-]C(N(C1CCCCC1)C1CCCCC1)N(C1CCCCC1)C1CCCCC1.[Ti+3][C]1=CC=CC1. The first-order valence-electron chi connectivity index (χ1n) is 41.1. The summed E-state index contributed by atoms with van der Waals surface area (Å²) in [5.41, 5.74) is 0. The van der Waals surface area contributed by atoms with Crippen LogP contribution in [0.15, 0.2) is 22.1 Å². The first kappa shape index (κ1) is 72.6. The minimum absolute atomic E-state index is 0.564. The molecule has 0 radical (unpaired) electrons. The molecule has 0 amide bonds. The van der Waals surface area contributed by atoms with Crippen LogP contribution < -0.4 is 15.3 Å². The third-order valence-corrected chi connectivity index (χ3v) is 26.8. The Balaban J connectivity index is 0.000000141. The van der Waals surface area contributed by atoms with E-state index in [2.05, 4.69) is 68.1 Å².